The number of benzene rings is 1. The molecule has 5 heteroatoms. The number of carbonyl (C=O) groups is 1. The molecular formula is C17H20N2O3. The third kappa shape index (κ3) is 2.64. The summed E-state index contributed by atoms with van der Waals surface area (Å²) >= 11 is 0. The van der Waals surface area contributed by atoms with Gasteiger partial charge in [-0.3, -0.25) is 4.79 Å². The fourth-order valence-corrected chi connectivity index (χ4v) is 2.77. The summed E-state index contributed by atoms with van der Waals surface area (Å²) in [7, 11) is 0. The number of carbonyl (C=O) groups excluding carboxylic acids is 1. The lowest BCUT2D eigenvalue weighted by molar-refractivity contribution is -0.0439. The molecule has 1 fully saturated rings. The van der Waals surface area contributed by atoms with Crippen molar-refractivity contribution in [3.63, 3.8) is 0 Å². The van der Waals surface area contributed by atoms with Gasteiger partial charge >= 0.3 is 0 Å². The van der Waals surface area contributed by atoms with Crippen LogP contribution in [0.1, 0.15) is 30.6 Å². The first kappa shape index (κ1) is 14.8. The zero-order chi connectivity index (χ0) is 15.7. The van der Waals surface area contributed by atoms with Crippen LogP contribution in [0.15, 0.2) is 41.1 Å². The molecule has 22 heavy (non-hydrogen) atoms. The number of aliphatic hydroxyl groups is 1. The van der Waals surface area contributed by atoms with Crippen molar-refractivity contribution in [1.82, 2.24) is 10.1 Å². The number of nitrogens with zero attached hydrogens (tertiary/aromatic N) is 2. The zero-order valence-electron chi connectivity index (χ0n) is 12.8. The van der Waals surface area contributed by atoms with Gasteiger partial charge in [-0.1, -0.05) is 42.4 Å². The number of rotatable bonds is 2. The minimum Gasteiger partial charge on any atom is -0.390 e. The molecular weight excluding hydrogens is 280 g/mol. The van der Waals surface area contributed by atoms with Gasteiger partial charge in [0.15, 0.2) is 5.76 Å². The number of aromatic nitrogens is 1. The Labute approximate surface area is 129 Å². The Hall–Kier alpha value is -2.14. The van der Waals surface area contributed by atoms with E-state index in [1.807, 2.05) is 44.2 Å². The molecule has 0 spiro atoms. The Morgan fingerprint density at radius 1 is 1.41 bits per heavy atom. The molecule has 2 atom stereocenters. The van der Waals surface area contributed by atoms with Gasteiger partial charge in [0, 0.05) is 24.6 Å². The van der Waals surface area contributed by atoms with Crippen LogP contribution in [0.2, 0.25) is 0 Å². The van der Waals surface area contributed by atoms with Crippen molar-refractivity contribution in [2.45, 2.75) is 25.9 Å². The average molecular weight is 300 g/mol. The molecule has 0 radical (unpaired) electrons. The predicted molar refractivity (Wildman–Crippen MR) is 82.2 cm³/mol. The van der Waals surface area contributed by atoms with E-state index in [-0.39, 0.29) is 11.8 Å². The monoisotopic (exact) mass is 300 g/mol. The largest absolute Gasteiger partial charge is 0.390 e. The van der Waals surface area contributed by atoms with E-state index >= 15 is 0 Å². The first-order valence-corrected chi connectivity index (χ1v) is 7.51. The highest BCUT2D eigenvalue weighted by molar-refractivity contribution is 5.99. The van der Waals surface area contributed by atoms with E-state index in [0.29, 0.717) is 30.8 Å². The van der Waals surface area contributed by atoms with Gasteiger partial charge in [0.1, 0.15) is 5.56 Å². The highest BCUT2D eigenvalue weighted by Crippen LogP contribution is 2.30. The fourth-order valence-electron chi connectivity index (χ4n) is 2.77. The Morgan fingerprint density at radius 2 is 2.14 bits per heavy atom. The van der Waals surface area contributed by atoms with Gasteiger partial charge in [0.25, 0.3) is 5.91 Å². The van der Waals surface area contributed by atoms with Crippen molar-refractivity contribution < 1.29 is 14.4 Å². The summed E-state index contributed by atoms with van der Waals surface area (Å²) in [5.41, 5.74) is 0.591. The van der Waals surface area contributed by atoms with Crippen LogP contribution < -0.4 is 0 Å². The smallest absolute Gasteiger partial charge is 0.259 e. The molecule has 2 aromatic rings. The SMILES string of the molecule is C[C@@H]1CN(C(=O)c2cnoc2-c2ccccc2)CC[C@]1(C)O. The van der Waals surface area contributed by atoms with E-state index in [9.17, 15) is 9.90 Å². The third-order valence-electron chi connectivity index (χ3n) is 4.57. The normalized spacial score (nSPS) is 25.2. The molecule has 2 heterocycles. The van der Waals surface area contributed by atoms with Crippen LogP contribution in [-0.2, 0) is 0 Å². The fraction of sp³-hybridized carbons (Fsp3) is 0.412. The van der Waals surface area contributed by atoms with E-state index in [2.05, 4.69) is 5.16 Å². The van der Waals surface area contributed by atoms with E-state index in [0.717, 1.165) is 5.56 Å². The van der Waals surface area contributed by atoms with Crippen molar-refractivity contribution in [2.75, 3.05) is 13.1 Å². The molecule has 0 aliphatic carbocycles. The molecule has 116 valence electrons. The van der Waals surface area contributed by atoms with Crippen LogP contribution in [0.3, 0.4) is 0 Å². The van der Waals surface area contributed by atoms with Crippen molar-refractivity contribution in [3.8, 4) is 11.3 Å². The van der Waals surface area contributed by atoms with Crippen molar-refractivity contribution >= 4 is 5.91 Å². The first-order chi connectivity index (χ1) is 10.5. The number of piperidine rings is 1. The maximum absolute atomic E-state index is 12.8. The second-order valence-electron chi connectivity index (χ2n) is 6.19. The molecule has 1 amide bonds. The summed E-state index contributed by atoms with van der Waals surface area (Å²) in [5.74, 6) is 0.434. The summed E-state index contributed by atoms with van der Waals surface area (Å²) in [6, 6.07) is 9.48. The van der Waals surface area contributed by atoms with Crippen LogP contribution in [0.5, 0.6) is 0 Å². The summed E-state index contributed by atoms with van der Waals surface area (Å²) in [6.07, 6.45) is 2.05. The summed E-state index contributed by atoms with van der Waals surface area (Å²) in [6.45, 7) is 4.86. The summed E-state index contributed by atoms with van der Waals surface area (Å²) in [4.78, 5) is 14.5. The Bertz CT molecular complexity index is 664. The highest BCUT2D eigenvalue weighted by Gasteiger charge is 2.37. The lowest BCUT2D eigenvalue weighted by Gasteiger charge is -2.41. The molecule has 3 rings (SSSR count). The Morgan fingerprint density at radius 3 is 2.82 bits per heavy atom. The van der Waals surface area contributed by atoms with Crippen LogP contribution in [0.4, 0.5) is 0 Å². The van der Waals surface area contributed by atoms with Gasteiger partial charge in [0.2, 0.25) is 0 Å². The van der Waals surface area contributed by atoms with Gasteiger partial charge in [0.05, 0.1) is 11.8 Å². The van der Waals surface area contributed by atoms with Gasteiger partial charge in [-0.05, 0) is 13.3 Å². The zero-order valence-corrected chi connectivity index (χ0v) is 12.8. The molecule has 1 aliphatic rings. The third-order valence-corrected chi connectivity index (χ3v) is 4.57. The molecule has 0 unspecified atom stereocenters. The van der Waals surface area contributed by atoms with Crippen molar-refractivity contribution in [2.24, 2.45) is 5.92 Å². The molecule has 1 saturated heterocycles. The molecule has 1 aliphatic heterocycles. The minimum absolute atomic E-state index is 0.0326. The maximum atomic E-state index is 12.8. The maximum Gasteiger partial charge on any atom is 0.259 e. The topological polar surface area (TPSA) is 66.6 Å². The van der Waals surface area contributed by atoms with E-state index in [1.54, 1.807) is 4.90 Å². The second-order valence-corrected chi connectivity index (χ2v) is 6.19. The van der Waals surface area contributed by atoms with Gasteiger partial charge in [-0.25, -0.2) is 0 Å². The standard InChI is InChI=1S/C17H20N2O3/c1-12-11-19(9-8-17(12,2)21)16(20)14-10-18-22-15(14)13-6-4-3-5-7-13/h3-7,10,12,21H,8-9,11H2,1-2H3/t12-,17+/m1/s1. The molecule has 1 aromatic heterocycles. The predicted octanol–water partition coefficient (Wildman–Crippen LogP) is 2.57. The Kier molecular flexibility index (Phi) is 3.74. The van der Waals surface area contributed by atoms with Gasteiger partial charge in [-0.2, -0.15) is 0 Å². The number of hydrogen-bond donors (Lipinski definition) is 1. The number of likely N-dealkylation sites (tertiary alicyclic amines) is 1. The molecule has 0 saturated carbocycles. The lowest BCUT2D eigenvalue weighted by atomic mass is 9.84. The minimum atomic E-state index is -0.715. The first-order valence-electron chi connectivity index (χ1n) is 7.51. The van der Waals surface area contributed by atoms with Crippen LogP contribution in [-0.4, -0.2) is 39.8 Å². The van der Waals surface area contributed by atoms with Gasteiger partial charge in [-0.15, -0.1) is 0 Å². The number of hydrogen-bond acceptors (Lipinski definition) is 4. The average Bonchev–Trinajstić information content (AvgIpc) is 3.00. The lowest BCUT2D eigenvalue weighted by Crippen LogP contribution is -2.50. The van der Waals surface area contributed by atoms with Gasteiger partial charge < -0.3 is 14.5 Å². The summed E-state index contributed by atoms with van der Waals surface area (Å²) in [5, 5.41) is 14.0. The second kappa shape index (κ2) is 5.57. The summed E-state index contributed by atoms with van der Waals surface area (Å²) < 4.78 is 5.28. The van der Waals surface area contributed by atoms with Crippen molar-refractivity contribution in [1.29, 1.82) is 0 Å². The highest BCUT2D eigenvalue weighted by atomic mass is 16.5. The number of amides is 1. The van der Waals surface area contributed by atoms with E-state index in [4.69, 9.17) is 4.52 Å². The Balaban J connectivity index is 1.84. The quantitative estimate of drug-likeness (QED) is 0.925. The molecule has 1 aromatic carbocycles. The molecule has 1 N–H and O–H groups in total. The molecule has 0 bridgehead atoms. The van der Waals surface area contributed by atoms with Crippen LogP contribution in [0, 0.1) is 5.92 Å². The van der Waals surface area contributed by atoms with Crippen molar-refractivity contribution in [3.05, 3.63) is 42.1 Å². The van der Waals surface area contributed by atoms with Crippen LogP contribution >= 0.6 is 0 Å². The van der Waals surface area contributed by atoms with Crippen LogP contribution in [0.25, 0.3) is 11.3 Å². The van der Waals surface area contributed by atoms with E-state index in [1.165, 1.54) is 6.20 Å². The van der Waals surface area contributed by atoms with E-state index < -0.39 is 5.60 Å². The molecule has 5 nitrogen and oxygen atoms in total.